The molecule has 0 saturated heterocycles. The summed E-state index contributed by atoms with van der Waals surface area (Å²) < 4.78 is 0. The molecule has 0 unspecified atom stereocenters. The summed E-state index contributed by atoms with van der Waals surface area (Å²) in [7, 11) is 0. The van der Waals surface area contributed by atoms with Crippen LogP contribution in [-0.4, -0.2) is 47.3 Å². The molecule has 0 radical (unpaired) electrons. The topological polar surface area (TPSA) is 170 Å². The van der Waals surface area contributed by atoms with E-state index in [0.717, 1.165) is 0 Å². The number of phenolic OH excluding ortho intramolecular Hbond substituents is 2. The van der Waals surface area contributed by atoms with Gasteiger partial charge in [-0.25, -0.2) is 19.9 Å². The number of nitrogens with one attached hydrogen (secondary N) is 3. The molecule has 0 aliphatic rings. The van der Waals surface area contributed by atoms with Crippen LogP contribution in [0.15, 0.2) is 84.7 Å². The number of amides is 1. The number of carbonyl (C=O) groups is 1. The van der Waals surface area contributed by atoms with Gasteiger partial charge in [-0.05, 0) is 54.1 Å². The third-order valence-corrected chi connectivity index (χ3v) is 5.13. The van der Waals surface area contributed by atoms with E-state index < -0.39 is 0 Å². The van der Waals surface area contributed by atoms with Crippen molar-refractivity contribution in [1.29, 1.82) is 0 Å². The van der Waals surface area contributed by atoms with Gasteiger partial charge in [0, 0.05) is 29.3 Å². The van der Waals surface area contributed by atoms with Crippen molar-refractivity contribution in [3.05, 3.63) is 90.8 Å². The molecule has 3 aromatic heterocycles. The molecule has 0 atom stereocenters. The van der Waals surface area contributed by atoms with Gasteiger partial charge in [0.25, 0.3) is 5.91 Å². The lowest BCUT2D eigenvalue weighted by Crippen LogP contribution is -2.11. The molecule has 0 bridgehead atoms. The fourth-order valence-electron chi connectivity index (χ4n) is 3.36. The molecule has 1 amide bonds. The molecular formula is C25H19N9O3. The van der Waals surface area contributed by atoms with Gasteiger partial charge in [-0.1, -0.05) is 6.07 Å². The number of hydrogen-bond donors (Lipinski definition) is 5. The first-order valence-corrected chi connectivity index (χ1v) is 10.9. The van der Waals surface area contributed by atoms with Crippen LogP contribution >= 0.6 is 0 Å². The Hall–Kier alpha value is -5.65. The number of carbonyl (C=O) groups excluding carboxylic acids is 1. The minimum absolute atomic E-state index is 0.217. The van der Waals surface area contributed by atoms with E-state index in [-0.39, 0.29) is 17.4 Å². The molecule has 0 aliphatic heterocycles. The van der Waals surface area contributed by atoms with E-state index in [2.05, 4.69) is 46.1 Å². The van der Waals surface area contributed by atoms with Gasteiger partial charge in [-0.2, -0.15) is 5.10 Å². The fourth-order valence-corrected chi connectivity index (χ4v) is 3.36. The van der Waals surface area contributed by atoms with Gasteiger partial charge in [0.2, 0.25) is 0 Å². The Bertz CT molecular complexity index is 1610. The molecular weight excluding hydrogens is 474 g/mol. The molecule has 2 aromatic carbocycles. The van der Waals surface area contributed by atoms with Crippen LogP contribution < -0.4 is 16.1 Å². The van der Waals surface area contributed by atoms with E-state index in [1.54, 1.807) is 48.8 Å². The number of nitrogens with zero attached hydrogens (tertiary/aromatic N) is 6. The van der Waals surface area contributed by atoms with Crippen LogP contribution in [0.4, 0.5) is 23.0 Å². The molecule has 37 heavy (non-hydrogen) atoms. The van der Waals surface area contributed by atoms with Crippen molar-refractivity contribution >= 4 is 46.2 Å². The highest BCUT2D eigenvalue weighted by molar-refractivity contribution is 6.04. The van der Waals surface area contributed by atoms with E-state index in [9.17, 15) is 15.0 Å². The predicted octanol–water partition coefficient (Wildman–Crippen LogP) is 3.67. The lowest BCUT2D eigenvalue weighted by Gasteiger charge is -2.11. The Kier molecular flexibility index (Phi) is 6.44. The maximum atomic E-state index is 12.5. The van der Waals surface area contributed by atoms with Gasteiger partial charge in [0.15, 0.2) is 23.1 Å². The average molecular weight is 493 g/mol. The second-order valence-electron chi connectivity index (χ2n) is 7.66. The number of phenols is 2. The van der Waals surface area contributed by atoms with Crippen LogP contribution in [0.25, 0.3) is 11.0 Å². The largest absolute Gasteiger partial charge is 0.504 e. The summed E-state index contributed by atoms with van der Waals surface area (Å²) in [6, 6.07) is 14.8. The molecule has 12 nitrogen and oxygen atoms in total. The fraction of sp³-hybridized carbons (Fsp3) is 0. The SMILES string of the molecule is O=C(Nc1cccc(Nc2ncnc3c(NN=Cc4ccc(O)c(O)c4)ncnc23)c1)c1ccncc1. The molecule has 3 heterocycles. The number of rotatable bonds is 7. The number of aromatic hydroxyl groups is 2. The van der Waals surface area contributed by atoms with Gasteiger partial charge in [-0.3, -0.25) is 15.2 Å². The molecule has 5 aromatic rings. The zero-order chi connectivity index (χ0) is 25.6. The quantitative estimate of drug-likeness (QED) is 0.128. The summed E-state index contributed by atoms with van der Waals surface area (Å²) in [5.41, 5.74) is 6.01. The molecule has 0 spiro atoms. The normalized spacial score (nSPS) is 10.9. The molecule has 0 saturated carbocycles. The highest BCUT2D eigenvalue weighted by atomic mass is 16.3. The summed E-state index contributed by atoms with van der Waals surface area (Å²) in [5.74, 6) is 0.0540. The first kappa shape index (κ1) is 23.1. The van der Waals surface area contributed by atoms with E-state index in [1.807, 2.05) is 6.07 Å². The summed E-state index contributed by atoms with van der Waals surface area (Å²) in [5, 5.41) is 29.2. The number of hydrazone groups is 1. The van der Waals surface area contributed by atoms with Crippen LogP contribution in [-0.2, 0) is 0 Å². The van der Waals surface area contributed by atoms with Gasteiger partial charge in [0.05, 0.1) is 6.21 Å². The Balaban J connectivity index is 1.34. The number of anilines is 4. The monoisotopic (exact) mass is 493 g/mol. The lowest BCUT2D eigenvalue weighted by atomic mass is 10.2. The van der Waals surface area contributed by atoms with Crippen molar-refractivity contribution < 1.29 is 15.0 Å². The summed E-state index contributed by atoms with van der Waals surface area (Å²) in [6.07, 6.45) is 7.30. The molecule has 12 heteroatoms. The van der Waals surface area contributed by atoms with Crippen LogP contribution in [0.2, 0.25) is 0 Å². The van der Waals surface area contributed by atoms with Crippen molar-refractivity contribution in [3.63, 3.8) is 0 Å². The number of hydrogen-bond acceptors (Lipinski definition) is 11. The van der Waals surface area contributed by atoms with E-state index in [1.165, 1.54) is 31.0 Å². The molecule has 0 aliphatic carbocycles. The Morgan fingerprint density at radius 3 is 2.32 bits per heavy atom. The number of fused-ring (bicyclic) bond motifs is 1. The zero-order valence-electron chi connectivity index (χ0n) is 19.1. The van der Waals surface area contributed by atoms with Crippen LogP contribution in [0.5, 0.6) is 11.5 Å². The minimum Gasteiger partial charge on any atom is -0.504 e. The Morgan fingerprint density at radius 2 is 1.54 bits per heavy atom. The van der Waals surface area contributed by atoms with Crippen molar-refractivity contribution in [3.8, 4) is 11.5 Å². The zero-order valence-corrected chi connectivity index (χ0v) is 19.1. The van der Waals surface area contributed by atoms with E-state index in [0.29, 0.717) is 45.2 Å². The first-order chi connectivity index (χ1) is 18.1. The lowest BCUT2D eigenvalue weighted by molar-refractivity contribution is 0.102. The van der Waals surface area contributed by atoms with Gasteiger partial charge in [0.1, 0.15) is 23.7 Å². The number of pyridine rings is 1. The second kappa shape index (κ2) is 10.3. The maximum Gasteiger partial charge on any atom is 0.255 e. The third kappa shape index (κ3) is 5.38. The minimum atomic E-state index is -0.251. The smallest absolute Gasteiger partial charge is 0.255 e. The Labute approximate surface area is 209 Å². The summed E-state index contributed by atoms with van der Waals surface area (Å²) in [6.45, 7) is 0. The molecule has 5 rings (SSSR count). The molecule has 0 fully saturated rings. The predicted molar refractivity (Wildman–Crippen MR) is 138 cm³/mol. The average Bonchev–Trinajstić information content (AvgIpc) is 2.92. The van der Waals surface area contributed by atoms with Gasteiger partial charge in [-0.15, -0.1) is 0 Å². The number of benzene rings is 2. The highest BCUT2D eigenvalue weighted by Crippen LogP contribution is 2.26. The van der Waals surface area contributed by atoms with Gasteiger partial charge >= 0.3 is 0 Å². The maximum absolute atomic E-state index is 12.5. The van der Waals surface area contributed by atoms with Crippen molar-refractivity contribution in [1.82, 2.24) is 24.9 Å². The second-order valence-corrected chi connectivity index (χ2v) is 7.66. The van der Waals surface area contributed by atoms with E-state index in [4.69, 9.17) is 0 Å². The Morgan fingerprint density at radius 1 is 0.811 bits per heavy atom. The van der Waals surface area contributed by atoms with Crippen LogP contribution in [0, 0.1) is 0 Å². The van der Waals surface area contributed by atoms with Crippen LogP contribution in [0.1, 0.15) is 15.9 Å². The molecule has 5 N–H and O–H groups in total. The standard InChI is InChI=1S/C25H19N9O3/c35-19-5-4-15(10-20(19)36)12-31-34-24-22-21(27-14-30-24)23(29-13-28-22)32-17-2-1-3-18(11-17)33-25(37)16-6-8-26-9-7-16/h1-14,35-36H,(H,33,37)(H,27,30,34)(H,28,29,32). The molecule has 182 valence electrons. The van der Waals surface area contributed by atoms with Crippen molar-refractivity contribution in [2.24, 2.45) is 5.10 Å². The van der Waals surface area contributed by atoms with Gasteiger partial charge < -0.3 is 20.8 Å². The number of aromatic nitrogens is 5. The first-order valence-electron chi connectivity index (χ1n) is 10.9. The highest BCUT2D eigenvalue weighted by Gasteiger charge is 2.11. The van der Waals surface area contributed by atoms with Crippen LogP contribution in [0.3, 0.4) is 0 Å². The van der Waals surface area contributed by atoms with Crippen molar-refractivity contribution in [2.75, 3.05) is 16.1 Å². The summed E-state index contributed by atoms with van der Waals surface area (Å²) in [4.78, 5) is 33.5. The summed E-state index contributed by atoms with van der Waals surface area (Å²) >= 11 is 0. The van der Waals surface area contributed by atoms with Crippen molar-refractivity contribution in [2.45, 2.75) is 0 Å². The third-order valence-electron chi connectivity index (χ3n) is 5.13. The van der Waals surface area contributed by atoms with E-state index >= 15 is 0 Å².